The topological polar surface area (TPSA) is 49.5 Å². The van der Waals surface area contributed by atoms with Crippen LogP contribution in [0.1, 0.15) is 46.0 Å². The van der Waals surface area contributed by atoms with Gasteiger partial charge in [0.1, 0.15) is 0 Å². The summed E-state index contributed by atoms with van der Waals surface area (Å²) in [7, 11) is 2.16. The third-order valence-electron chi connectivity index (χ3n) is 3.44. The van der Waals surface area contributed by atoms with Crippen LogP contribution in [-0.4, -0.2) is 41.3 Å². The van der Waals surface area contributed by atoms with Crippen LogP contribution >= 0.6 is 0 Å². The van der Waals surface area contributed by atoms with Gasteiger partial charge < -0.3 is 15.7 Å². The van der Waals surface area contributed by atoms with Crippen molar-refractivity contribution < 1.29 is 5.11 Å². The summed E-state index contributed by atoms with van der Waals surface area (Å²) in [5.41, 5.74) is 5.34. The molecule has 0 aromatic rings. The molecule has 0 aromatic heterocycles. The molecular weight excluding hydrogens is 188 g/mol. The van der Waals surface area contributed by atoms with E-state index in [4.69, 9.17) is 5.73 Å². The Kier molecular flexibility index (Phi) is 4.56. The Morgan fingerprint density at radius 1 is 1.27 bits per heavy atom. The quantitative estimate of drug-likeness (QED) is 0.742. The molecule has 3 nitrogen and oxygen atoms in total. The molecule has 1 rings (SSSR count). The van der Waals surface area contributed by atoms with E-state index in [9.17, 15) is 5.11 Å². The standard InChI is InChI=1S/C12H26N2O/c1-12(2,15)8-9-14(3)11-6-4-10(13)5-7-11/h10-11,15H,4-9,13H2,1-3H3. The minimum Gasteiger partial charge on any atom is -0.390 e. The zero-order valence-electron chi connectivity index (χ0n) is 10.4. The number of nitrogens with two attached hydrogens (primary N) is 1. The molecule has 1 saturated carbocycles. The molecule has 0 bridgehead atoms. The van der Waals surface area contributed by atoms with Gasteiger partial charge in [-0.15, -0.1) is 0 Å². The summed E-state index contributed by atoms with van der Waals surface area (Å²) < 4.78 is 0. The van der Waals surface area contributed by atoms with Crippen LogP contribution in [0.5, 0.6) is 0 Å². The minimum absolute atomic E-state index is 0.420. The number of nitrogens with zero attached hydrogens (tertiary/aromatic N) is 1. The minimum atomic E-state index is -0.542. The summed E-state index contributed by atoms with van der Waals surface area (Å²) in [5.74, 6) is 0. The lowest BCUT2D eigenvalue weighted by atomic mass is 9.90. The van der Waals surface area contributed by atoms with Crippen molar-refractivity contribution in [3.8, 4) is 0 Å². The van der Waals surface area contributed by atoms with E-state index in [0.717, 1.165) is 25.8 Å². The van der Waals surface area contributed by atoms with Crippen molar-refractivity contribution in [2.75, 3.05) is 13.6 Å². The van der Waals surface area contributed by atoms with Crippen molar-refractivity contribution in [3.63, 3.8) is 0 Å². The van der Waals surface area contributed by atoms with Gasteiger partial charge in [0, 0.05) is 18.6 Å². The maximum absolute atomic E-state index is 9.66. The van der Waals surface area contributed by atoms with Crippen molar-refractivity contribution in [2.45, 2.75) is 63.6 Å². The van der Waals surface area contributed by atoms with E-state index in [1.165, 1.54) is 12.8 Å². The molecule has 0 amide bonds. The van der Waals surface area contributed by atoms with Gasteiger partial charge in [0.2, 0.25) is 0 Å². The first-order valence-corrected chi connectivity index (χ1v) is 6.07. The largest absolute Gasteiger partial charge is 0.390 e. The van der Waals surface area contributed by atoms with Gasteiger partial charge in [-0.2, -0.15) is 0 Å². The molecule has 3 N–H and O–H groups in total. The van der Waals surface area contributed by atoms with Gasteiger partial charge in [-0.25, -0.2) is 0 Å². The Hall–Kier alpha value is -0.120. The highest BCUT2D eigenvalue weighted by Crippen LogP contribution is 2.22. The fourth-order valence-electron chi connectivity index (χ4n) is 2.17. The van der Waals surface area contributed by atoms with Gasteiger partial charge in [0.25, 0.3) is 0 Å². The summed E-state index contributed by atoms with van der Waals surface area (Å²) >= 11 is 0. The predicted molar refractivity (Wildman–Crippen MR) is 63.8 cm³/mol. The van der Waals surface area contributed by atoms with E-state index < -0.39 is 5.60 Å². The van der Waals surface area contributed by atoms with Gasteiger partial charge >= 0.3 is 0 Å². The Morgan fingerprint density at radius 3 is 2.27 bits per heavy atom. The Morgan fingerprint density at radius 2 is 1.80 bits per heavy atom. The van der Waals surface area contributed by atoms with Crippen molar-refractivity contribution in [1.82, 2.24) is 4.90 Å². The molecular formula is C12H26N2O. The highest BCUT2D eigenvalue weighted by Gasteiger charge is 2.23. The monoisotopic (exact) mass is 214 g/mol. The van der Waals surface area contributed by atoms with Crippen LogP contribution in [0.15, 0.2) is 0 Å². The van der Waals surface area contributed by atoms with Crippen LogP contribution in [-0.2, 0) is 0 Å². The van der Waals surface area contributed by atoms with E-state index in [0.29, 0.717) is 12.1 Å². The maximum atomic E-state index is 9.66. The highest BCUT2D eigenvalue weighted by atomic mass is 16.3. The lowest BCUT2D eigenvalue weighted by Gasteiger charge is -2.34. The molecule has 0 heterocycles. The summed E-state index contributed by atoms with van der Waals surface area (Å²) in [6, 6.07) is 1.09. The number of hydrogen-bond acceptors (Lipinski definition) is 3. The van der Waals surface area contributed by atoms with E-state index in [1.807, 2.05) is 13.8 Å². The van der Waals surface area contributed by atoms with E-state index in [2.05, 4.69) is 11.9 Å². The molecule has 0 aromatic carbocycles. The number of hydrogen-bond donors (Lipinski definition) is 2. The van der Waals surface area contributed by atoms with Gasteiger partial charge in [-0.1, -0.05) is 0 Å². The fourth-order valence-corrected chi connectivity index (χ4v) is 2.17. The third-order valence-corrected chi connectivity index (χ3v) is 3.44. The summed E-state index contributed by atoms with van der Waals surface area (Å²) in [5, 5.41) is 9.66. The smallest absolute Gasteiger partial charge is 0.0603 e. The van der Waals surface area contributed by atoms with E-state index in [1.54, 1.807) is 0 Å². The first-order chi connectivity index (χ1) is 6.88. The Bertz CT molecular complexity index is 181. The van der Waals surface area contributed by atoms with Gasteiger partial charge in [0.05, 0.1) is 5.60 Å². The van der Waals surface area contributed by atoms with Crippen molar-refractivity contribution in [2.24, 2.45) is 5.73 Å². The molecule has 0 saturated heterocycles. The lowest BCUT2D eigenvalue weighted by Crippen LogP contribution is -2.40. The molecule has 1 aliphatic rings. The molecule has 3 heteroatoms. The van der Waals surface area contributed by atoms with Crippen molar-refractivity contribution in [3.05, 3.63) is 0 Å². The molecule has 15 heavy (non-hydrogen) atoms. The van der Waals surface area contributed by atoms with Crippen LogP contribution in [0, 0.1) is 0 Å². The van der Waals surface area contributed by atoms with Gasteiger partial charge in [-0.3, -0.25) is 0 Å². The zero-order valence-corrected chi connectivity index (χ0v) is 10.4. The third kappa shape index (κ3) is 4.96. The van der Waals surface area contributed by atoms with Crippen molar-refractivity contribution >= 4 is 0 Å². The van der Waals surface area contributed by atoms with Crippen LogP contribution in [0.4, 0.5) is 0 Å². The first kappa shape index (κ1) is 12.9. The predicted octanol–water partition coefficient (Wildman–Crippen LogP) is 1.35. The SMILES string of the molecule is CN(CCC(C)(C)O)C1CCC(N)CC1. The molecule has 1 aliphatic carbocycles. The molecule has 90 valence electrons. The second-order valence-corrected chi connectivity index (χ2v) is 5.61. The second kappa shape index (κ2) is 5.28. The highest BCUT2D eigenvalue weighted by molar-refractivity contribution is 4.80. The molecule has 0 spiro atoms. The Labute approximate surface area is 93.6 Å². The average molecular weight is 214 g/mol. The van der Waals surface area contributed by atoms with E-state index >= 15 is 0 Å². The second-order valence-electron chi connectivity index (χ2n) is 5.61. The fraction of sp³-hybridized carbons (Fsp3) is 1.00. The normalized spacial score (nSPS) is 28.4. The van der Waals surface area contributed by atoms with Gasteiger partial charge in [0.15, 0.2) is 0 Å². The molecule has 1 fully saturated rings. The molecule has 0 atom stereocenters. The molecule has 0 aliphatic heterocycles. The summed E-state index contributed by atoms with van der Waals surface area (Å²) in [6.45, 7) is 4.72. The van der Waals surface area contributed by atoms with E-state index in [-0.39, 0.29) is 0 Å². The number of rotatable bonds is 4. The average Bonchev–Trinajstić information content (AvgIpc) is 2.14. The van der Waals surface area contributed by atoms with Crippen molar-refractivity contribution in [1.29, 1.82) is 0 Å². The van der Waals surface area contributed by atoms with Gasteiger partial charge in [-0.05, 0) is 53.0 Å². The maximum Gasteiger partial charge on any atom is 0.0603 e. The zero-order chi connectivity index (χ0) is 11.5. The number of aliphatic hydroxyl groups is 1. The summed E-state index contributed by atoms with van der Waals surface area (Å²) in [6.07, 6.45) is 5.56. The molecule has 0 unspecified atom stereocenters. The molecule has 0 radical (unpaired) electrons. The van der Waals surface area contributed by atoms with Crippen LogP contribution in [0.25, 0.3) is 0 Å². The van der Waals surface area contributed by atoms with Crippen LogP contribution in [0.2, 0.25) is 0 Å². The Balaban J connectivity index is 2.25. The summed E-state index contributed by atoms with van der Waals surface area (Å²) in [4.78, 5) is 2.38. The van der Waals surface area contributed by atoms with Crippen LogP contribution < -0.4 is 5.73 Å². The first-order valence-electron chi connectivity index (χ1n) is 6.07. The lowest BCUT2D eigenvalue weighted by molar-refractivity contribution is 0.0520. The van der Waals surface area contributed by atoms with Crippen LogP contribution in [0.3, 0.4) is 0 Å².